The van der Waals surface area contributed by atoms with Gasteiger partial charge in [-0.25, -0.2) is 0 Å². The number of hydrogen-bond donors (Lipinski definition) is 1. The summed E-state index contributed by atoms with van der Waals surface area (Å²) in [6, 6.07) is 6.32. The highest BCUT2D eigenvalue weighted by atomic mass is 16.5. The average Bonchev–Trinajstić information content (AvgIpc) is 2.47. The van der Waals surface area contributed by atoms with Crippen LogP contribution in [0.25, 0.3) is 0 Å². The predicted molar refractivity (Wildman–Crippen MR) is 80.1 cm³/mol. The summed E-state index contributed by atoms with van der Waals surface area (Å²) in [5.41, 5.74) is 2.91. The maximum absolute atomic E-state index is 12.3. The number of benzene rings is 1. The molecule has 0 aliphatic carbocycles. The molecule has 110 valence electrons. The number of carbonyl (C=O) groups is 1. The second kappa shape index (κ2) is 6.86. The molecule has 1 N–H and O–H groups in total. The Labute approximate surface area is 121 Å². The molecule has 1 aliphatic heterocycles. The zero-order valence-electron chi connectivity index (χ0n) is 12.6. The minimum Gasteiger partial charge on any atom is -0.379 e. The summed E-state index contributed by atoms with van der Waals surface area (Å²) >= 11 is 0. The minimum absolute atomic E-state index is 0.0197. The monoisotopic (exact) mass is 276 g/mol. The SMILES string of the molecule is Cc1ccc(C)c(C(=O)NCC(C)N2CCOCC2)c1. The first-order valence-electron chi connectivity index (χ1n) is 7.25. The number of amides is 1. The van der Waals surface area contributed by atoms with Gasteiger partial charge in [0.1, 0.15) is 0 Å². The quantitative estimate of drug-likeness (QED) is 0.911. The molecular formula is C16H24N2O2. The van der Waals surface area contributed by atoms with Gasteiger partial charge in [-0.1, -0.05) is 17.7 Å². The molecule has 2 rings (SSSR count). The lowest BCUT2D eigenvalue weighted by Gasteiger charge is -2.32. The van der Waals surface area contributed by atoms with Crippen molar-refractivity contribution in [2.24, 2.45) is 0 Å². The molecule has 0 aromatic heterocycles. The number of carbonyl (C=O) groups excluding carboxylic acids is 1. The summed E-state index contributed by atoms with van der Waals surface area (Å²) in [5.74, 6) is 0.0197. The van der Waals surface area contributed by atoms with Gasteiger partial charge < -0.3 is 10.1 Å². The van der Waals surface area contributed by atoms with E-state index in [1.807, 2.05) is 32.0 Å². The molecule has 1 atom stereocenters. The Kier molecular flexibility index (Phi) is 5.15. The van der Waals surface area contributed by atoms with Gasteiger partial charge in [-0.15, -0.1) is 0 Å². The number of nitrogens with zero attached hydrogens (tertiary/aromatic N) is 1. The first kappa shape index (κ1) is 15.0. The molecule has 1 aliphatic rings. The average molecular weight is 276 g/mol. The van der Waals surface area contributed by atoms with E-state index >= 15 is 0 Å². The van der Waals surface area contributed by atoms with E-state index in [2.05, 4.69) is 17.1 Å². The van der Waals surface area contributed by atoms with Crippen LogP contribution in [0.5, 0.6) is 0 Å². The molecule has 1 fully saturated rings. The van der Waals surface area contributed by atoms with E-state index in [0.29, 0.717) is 12.6 Å². The van der Waals surface area contributed by atoms with Crippen molar-refractivity contribution in [3.8, 4) is 0 Å². The molecule has 0 radical (unpaired) electrons. The van der Waals surface area contributed by atoms with E-state index in [1.165, 1.54) is 0 Å². The van der Waals surface area contributed by atoms with Crippen molar-refractivity contribution < 1.29 is 9.53 Å². The molecular weight excluding hydrogens is 252 g/mol. The highest BCUT2D eigenvalue weighted by Crippen LogP contribution is 2.10. The van der Waals surface area contributed by atoms with Gasteiger partial charge in [0, 0.05) is 31.2 Å². The second-order valence-corrected chi connectivity index (χ2v) is 5.53. The fraction of sp³-hybridized carbons (Fsp3) is 0.562. The van der Waals surface area contributed by atoms with Gasteiger partial charge >= 0.3 is 0 Å². The van der Waals surface area contributed by atoms with Crippen LogP contribution in [-0.4, -0.2) is 49.7 Å². The zero-order valence-corrected chi connectivity index (χ0v) is 12.6. The maximum Gasteiger partial charge on any atom is 0.251 e. The topological polar surface area (TPSA) is 41.6 Å². The van der Waals surface area contributed by atoms with Gasteiger partial charge in [-0.05, 0) is 32.4 Å². The molecule has 1 saturated heterocycles. The molecule has 4 nitrogen and oxygen atoms in total. The Morgan fingerprint density at radius 2 is 2.05 bits per heavy atom. The van der Waals surface area contributed by atoms with Gasteiger partial charge in [0.2, 0.25) is 0 Å². The Morgan fingerprint density at radius 1 is 1.35 bits per heavy atom. The fourth-order valence-electron chi connectivity index (χ4n) is 2.46. The molecule has 0 saturated carbocycles. The van der Waals surface area contributed by atoms with Crippen LogP contribution < -0.4 is 5.32 Å². The summed E-state index contributed by atoms with van der Waals surface area (Å²) in [4.78, 5) is 14.6. The van der Waals surface area contributed by atoms with Gasteiger partial charge in [-0.3, -0.25) is 9.69 Å². The van der Waals surface area contributed by atoms with E-state index in [1.54, 1.807) is 0 Å². The Balaban J connectivity index is 1.89. The molecule has 0 bridgehead atoms. The number of nitrogens with one attached hydrogen (secondary N) is 1. The molecule has 1 heterocycles. The van der Waals surface area contributed by atoms with Crippen molar-refractivity contribution in [1.29, 1.82) is 0 Å². The molecule has 1 aromatic rings. The third kappa shape index (κ3) is 3.81. The number of rotatable bonds is 4. The lowest BCUT2D eigenvalue weighted by Crippen LogP contribution is -2.47. The summed E-state index contributed by atoms with van der Waals surface area (Å²) in [7, 11) is 0. The fourth-order valence-corrected chi connectivity index (χ4v) is 2.46. The standard InChI is InChI=1S/C16H24N2O2/c1-12-4-5-13(2)15(10-12)16(19)17-11-14(3)18-6-8-20-9-7-18/h4-5,10,14H,6-9,11H2,1-3H3,(H,17,19). The van der Waals surface area contributed by atoms with E-state index in [9.17, 15) is 4.79 Å². The smallest absolute Gasteiger partial charge is 0.251 e. The van der Waals surface area contributed by atoms with Crippen molar-refractivity contribution in [1.82, 2.24) is 10.2 Å². The van der Waals surface area contributed by atoms with E-state index in [-0.39, 0.29) is 5.91 Å². The Morgan fingerprint density at radius 3 is 2.75 bits per heavy atom. The van der Waals surface area contributed by atoms with Crippen molar-refractivity contribution in [2.75, 3.05) is 32.8 Å². The lowest BCUT2D eigenvalue weighted by molar-refractivity contribution is 0.0204. The summed E-state index contributed by atoms with van der Waals surface area (Å²) in [6.45, 7) is 10.3. The van der Waals surface area contributed by atoms with Gasteiger partial charge in [0.25, 0.3) is 5.91 Å². The van der Waals surface area contributed by atoms with Crippen LogP contribution in [0.4, 0.5) is 0 Å². The third-order valence-electron chi connectivity index (χ3n) is 3.86. The van der Waals surface area contributed by atoms with Crippen LogP contribution in [0.2, 0.25) is 0 Å². The summed E-state index contributed by atoms with van der Waals surface area (Å²) in [5, 5.41) is 3.04. The van der Waals surface area contributed by atoms with Crippen molar-refractivity contribution >= 4 is 5.91 Å². The number of aryl methyl sites for hydroxylation is 2. The normalized spacial score (nSPS) is 17.8. The molecule has 4 heteroatoms. The van der Waals surface area contributed by atoms with E-state index in [4.69, 9.17) is 4.74 Å². The first-order valence-corrected chi connectivity index (χ1v) is 7.25. The second-order valence-electron chi connectivity index (χ2n) is 5.53. The van der Waals surface area contributed by atoms with Gasteiger partial charge in [0.15, 0.2) is 0 Å². The molecule has 20 heavy (non-hydrogen) atoms. The maximum atomic E-state index is 12.3. The molecule has 1 unspecified atom stereocenters. The first-order chi connectivity index (χ1) is 9.58. The molecule has 1 amide bonds. The van der Waals surface area contributed by atoms with Crippen molar-refractivity contribution in [3.05, 3.63) is 34.9 Å². The molecule has 0 spiro atoms. The largest absolute Gasteiger partial charge is 0.379 e. The van der Waals surface area contributed by atoms with Crippen LogP contribution in [-0.2, 0) is 4.74 Å². The van der Waals surface area contributed by atoms with Crippen LogP contribution in [0, 0.1) is 13.8 Å². The van der Waals surface area contributed by atoms with Crippen LogP contribution >= 0.6 is 0 Å². The summed E-state index contributed by atoms with van der Waals surface area (Å²) in [6.07, 6.45) is 0. The van der Waals surface area contributed by atoms with Crippen LogP contribution in [0.1, 0.15) is 28.4 Å². The highest BCUT2D eigenvalue weighted by Gasteiger charge is 2.18. The van der Waals surface area contributed by atoms with Crippen molar-refractivity contribution in [2.45, 2.75) is 26.8 Å². The number of ether oxygens (including phenoxy) is 1. The molecule has 1 aromatic carbocycles. The summed E-state index contributed by atoms with van der Waals surface area (Å²) < 4.78 is 5.34. The van der Waals surface area contributed by atoms with Crippen LogP contribution in [0.3, 0.4) is 0 Å². The Hall–Kier alpha value is -1.39. The lowest BCUT2D eigenvalue weighted by atomic mass is 10.1. The van der Waals surface area contributed by atoms with Crippen molar-refractivity contribution in [3.63, 3.8) is 0 Å². The van der Waals surface area contributed by atoms with Crippen LogP contribution in [0.15, 0.2) is 18.2 Å². The highest BCUT2D eigenvalue weighted by molar-refractivity contribution is 5.95. The van der Waals surface area contributed by atoms with E-state index < -0.39 is 0 Å². The Bertz CT molecular complexity index is 468. The van der Waals surface area contributed by atoms with Gasteiger partial charge in [-0.2, -0.15) is 0 Å². The van der Waals surface area contributed by atoms with Gasteiger partial charge in [0.05, 0.1) is 13.2 Å². The third-order valence-corrected chi connectivity index (χ3v) is 3.86. The van der Waals surface area contributed by atoms with E-state index in [0.717, 1.165) is 43.0 Å². The number of morpholine rings is 1. The minimum atomic E-state index is 0.0197. The zero-order chi connectivity index (χ0) is 14.5. The predicted octanol–water partition coefficient (Wildman–Crippen LogP) is 1.75. The number of hydrogen-bond acceptors (Lipinski definition) is 3.